The Morgan fingerprint density at radius 2 is 1.82 bits per heavy atom. The molecule has 0 spiro atoms. The largest absolute Gasteiger partial charge is 0.0617 e. The molecule has 3 unspecified atom stereocenters. The zero-order valence-electron chi connectivity index (χ0n) is 7.90. The molecule has 0 aromatic heterocycles. The Bertz CT molecular complexity index is 150. The van der Waals surface area contributed by atoms with E-state index in [0.717, 1.165) is 17.3 Å². The molecule has 2 rings (SSSR count). The van der Waals surface area contributed by atoms with E-state index < -0.39 is 0 Å². The van der Waals surface area contributed by atoms with Gasteiger partial charge in [-0.1, -0.05) is 39.5 Å². The molecule has 0 nitrogen and oxygen atoms in total. The quantitative estimate of drug-likeness (QED) is 0.497. The summed E-state index contributed by atoms with van der Waals surface area (Å²) in [5.74, 6) is 2.14. The lowest BCUT2D eigenvalue weighted by Crippen LogP contribution is -2.01. The van der Waals surface area contributed by atoms with Gasteiger partial charge in [0.2, 0.25) is 0 Å². The third-order valence-electron chi connectivity index (χ3n) is 4.36. The van der Waals surface area contributed by atoms with Gasteiger partial charge in [-0.25, -0.2) is 0 Å². The van der Waals surface area contributed by atoms with Gasteiger partial charge in [0.05, 0.1) is 0 Å². The monoisotopic (exact) mass is 152 g/mol. The molecule has 0 radical (unpaired) electrons. The predicted molar refractivity (Wildman–Crippen MR) is 48.5 cm³/mol. The first kappa shape index (κ1) is 7.64. The Hall–Kier alpha value is 0. The maximum absolute atomic E-state index is 2.51. The fourth-order valence-corrected chi connectivity index (χ4v) is 3.13. The van der Waals surface area contributed by atoms with E-state index in [1.165, 1.54) is 38.5 Å². The Morgan fingerprint density at radius 1 is 1.09 bits per heavy atom. The molecule has 0 bridgehead atoms. The summed E-state index contributed by atoms with van der Waals surface area (Å²) >= 11 is 0. The van der Waals surface area contributed by atoms with Crippen molar-refractivity contribution in [1.82, 2.24) is 0 Å². The average Bonchev–Trinajstić information content (AvgIpc) is 2.40. The topological polar surface area (TPSA) is 0 Å². The van der Waals surface area contributed by atoms with Gasteiger partial charge in [-0.05, 0) is 30.1 Å². The maximum atomic E-state index is 2.51. The minimum absolute atomic E-state index is 0.778. The average molecular weight is 152 g/mol. The van der Waals surface area contributed by atoms with E-state index in [9.17, 15) is 0 Å². The summed E-state index contributed by atoms with van der Waals surface area (Å²) in [7, 11) is 0. The zero-order chi connectivity index (χ0) is 7.90. The van der Waals surface area contributed by atoms with Gasteiger partial charge in [0.1, 0.15) is 0 Å². The molecule has 0 saturated heterocycles. The Kier molecular flexibility index (Phi) is 1.74. The number of rotatable bonds is 0. The first-order valence-electron chi connectivity index (χ1n) is 5.25. The highest BCUT2D eigenvalue weighted by molar-refractivity contribution is 5.05. The highest BCUT2D eigenvalue weighted by Gasteiger charge is 2.56. The van der Waals surface area contributed by atoms with Crippen molar-refractivity contribution in [2.75, 3.05) is 0 Å². The molecule has 0 N–H and O–H groups in total. The van der Waals surface area contributed by atoms with Gasteiger partial charge >= 0.3 is 0 Å². The lowest BCUT2D eigenvalue weighted by Gasteiger charge is -2.14. The van der Waals surface area contributed by atoms with Crippen molar-refractivity contribution in [3.63, 3.8) is 0 Å². The molecular weight excluding hydrogens is 132 g/mol. The number of hydrogen-bond acceptors (Lipinski definition) is 0. The second-order valence-corrected chi connectivity index (χ2v) is 4.85. The molecule has 0 aliphatic heterocycles. The molecule has 2 saturated carbocycles. The highest BCUT2D eigenvalue weighted by Crippen LogP contribution is 2.63. The fraction of sp³-hybridized carbons (Fsp3) is 1.00. The van der Waals surface area contributed by atoms with Gasteiger partial charge in [-0.3, -0.25) is 0 Å². The van der Waals surface area contributed by atoms with Crippen LogP contribution in [0.25, 0.3) is 0 Å². The van der Waals surface area contributed by atoms with Crippen molar-refractivity contribution in [1.29, 1.82) is 0 Å². The SMILES string of the molecule is CC1C2CCCCCCC12C. The van der Waals surface area contributed by atoms with Crippen LogP contribution in [0.1, 0.15) is 52.4 Å². The van der Waals surface area contributed by atoms with Gasteiger partial charge in [0.15, 0.2) is 0 Å². The second-order valence-electron chi connectivity index (χ2n) is 4.85. The Balaban J connectivity index is 1.98. The van der Waals surface area contributed by atoms with Crippen LogP contribution in [0.5, 0.6) is 0 Å². The summed E-state index contributed by atoms with van der Waals surface area (Å²) in [6, 6.07) is 0. The summed E-state index contributed by atoms with van der Waals surface area (Å²) < 4.78 is 0. The summed E-state index contributed by atoms with van der Waals surface area (Å²) in [6.07, 6.45) is 9.03. The predicted octanol–water partition coefficient (Wildman–Crippen LogP) is 3.61. The highest BCUT2D eigenvalue weighted by atomic mass is 14.6. The molecule has 0 amide bonds. The van der Waals surface area contributed by atoms with Crippen LogP contribution in [-0.2, 0) is 0 Å². The summed E-state index contributed by atoms with van der Waals surface area (Å²) in [4.78, 5) is 0. The van der Waals surface area contributed by atoms with Crippen molar-refractivity contribution >= 4 is 0 Å². The molecule has 2 fully saturated rings. The number of hydrogen-bond donors (Lipinski definition) is 0. The Morgan fingerprint density at radius 3 is 2.64 bits per heavy atom. The second kappa shape index (κ2) is 2.50. The molecule has 0 heteroatoms. The molecule has 0 aromatic carbocycles. The smallest absolute Gasteiger partial charge is 0.0266 e. The maximum Gasteiger partial charge on any atom is -0.0266 e. The van der Waals surface area contributed by atoms with Crippen molar-refractivity contribution in [3.8, 4) is 0 Å². The van der Waals surface area contributed by atoms with Crippen LogP contribution in [0.3, 0.4) is 0 Å². The number of fused-ring (bicyclic) bond motifs is 1. The molecule has 0 heterocycles. The van der Waals surface area contributed by atoms with Crippen LogP contribution in [0.15, 0.2) is 0 Å². The van der Waals surface area contributed by atoms with Crippen molar-refractivity contribution < 1.29 is 0 Å². The van der Waals surface area contributed by atoms with Crippen molar-refractivity contribution in [2.24, 2.45) is 17.3 Å². The van der Waals surface area contributed by atoms with E-state index in [-0.39, 0.29) is 0 Å². The first-order valence-corrected chi connectivity index (χ1v) is 5.25. The lowest BCUT2D eigenvalue weighted by molar-refractivity contribution is 0.379. The third-order valence-corrected chi connectivity index (χ3v) is 4.36. The molecule has 64 valence electrons. The fourth-order valence-electron chi connectivity index (χ4n) is 3.13. The van der Waals surface area contributed by atoms with Crippen LogP contribution in [0.4, 0.5) is 0 Å². The van der Waals surface area contributed by atoms with Crippen LogP contribution >= 0.6 is 0 Å². The van der Waals surface area contributed by atoms with Gasteiger partial charge < -0.3 is 0 Å². The third kappa shape index (κ3) is 1.11. The Labute approximate surface area is 70.4 Å². The minimum Gasteiger partial charge on any atom is -0.0617 e. The normalized spacial score (nSPS) is 50.7. The molecule has 2 aliphatic rings. The van der Waals surface area contributed by atoms with Crippen molar-refractivity contribution in [3.05, 3.63) is 0 Å². The van der Waals surface area contributed by atoms with E-state index in [1.54, 1.807) is 0 Å². The molecular formula is C11H20. The van der Waals surface area contributed by atoms with Gasteiger partial charge in [-0.2, -0.15) is 0 Å². The molecule has 0 aromatic rings. The van der Waals surface area contributed by atoms with Gasteiger partial charge in [0.25, 0.3) is 0 Å². The van der Waals surface area contributed by atoms with Crippen LogP contribution < -0.4 is 0 Å². The standard InChI is InChI=1S/C11H20/c1-9-10-7-5-3-4-6-8-11(9,10)2/h9-10H,3-8H2,1-2H3. The van der Waals surface area contributed by atoms with E-state index >= 15 is 0 Å². The van der Waals surface area contributed by atoms with E-state index in [4.69, 9.17) is 0 Å². The van der Waals surface area contributed by atoms with Crippen LogP contribution in [0, 0.1) is 17.3 Å². The summed E-state index contributed by atoms with van der Waals surface area (Å²) in [5.41, 5.74) is 0.778. The van der Waals surface area contributed by atoms with Crippen molar-refractivity contribution in [2.45, 2.75) is 52.4 Å². The van der Waals surface area contributed by atoms with Gasteiger partial charge in [-0.15, -0.1) is 0 Å². The summed E-state index contributed by atoms with van der Waals surface area (Å²) in [6.45, 7) is 4.96. The van der Waals surface area contributed by atoms with E-state index in [1.807, 2.05) is 0 Å². The summed E-state index contributed by atoms with van der Waals surface area (Å²) in [5, 5.41) is 0. The first-order chi connectivity index (χ1) is 5.25. The minimum atomic E-state index is 0.778. The van der Waals surface area contributed by atoms with Crippen LogP contribution in [-0.4, -0.2) is 0 Å². The molecule has 2 aliphatic carbocycles. The zero-order valence-corrected chi connectivity index (χ0v) is 7.90. The van der Waals surface area contributed by atoms with Gasteiger partial charge in [0, 0.05) is 0 Å². The van der Waals surface area contributed by atoms with E-state index in [2.05, 4.69) is 13.8 Å². The van der Waals surface area contributed by atoms with Crippen LogP contribution in [0.2, 0.25) is 0 Å². The molecule has 11 heavy (non-hydrogen) atoms. The van der Waals surface area contributed by atoms with E-state index in [0.29, 0.717) is 0 Å². The lowest BCUT2D eigenvalue weighted by atomic mass is 9.92. The molecule has 3 atom stereocenters.